The van der Waals surface area contributed by atoms with E-state index in [0.717, 1.165) is 11.9 Å². The van der Waals surface area contributed by atoms with Crippen LogP contribution in [0.1, 0.15) is 56.7 Å². The number of hydrogen-bond acceptors (Lipinski definition) is 3. The molecular formula is C22H21F3N2O. The molecule has 0 amide bonds. The van der Waals surface area contributed by atoms with E-state index < -0.39 is 17.7 Å². The molecule has 2 aromatic rings. The lowest BCUT2D eigenvalue weighted by Gasteiger charge is -2.44. The molecule has 1 aromatic carbocycles. The summed E-state index contributed by atoms with van der Waals surface area (Å²) in [5, 5.41) is 3.21. The highest BCUT2D eigenvalue weighted by Gasteiger charge is 2.48. The molecule has 0 saturated carbocycles. The molecule has 1 aromatic heterocycles. The number of rotatable bonds is 2. The molecule has 0 saturated heterocycles. The molecule has 1 aliphatic carbocycles. The third-order valence-corrected chi connectivity index (χ3v) is 5.75. The van der Waals surface area contributed by atoms with E-state index in [2.05, 4.69) is 10.3 Å². The number of nitrogens with zero attached hydrogens (tertiary/aromatic N) is 1. The molecule has 0 bridgehead atoms. The zero-order chi connectivity index (χ0) is 20.3. The van der Waals surface area contributed by atoms with Crippen molar-refractivity contribution in [3.63, 3.8) is 0 Å². The van der Waals surface area contributed by atoms with Gasteiger partial charge in [0.25, 0.3) is 6.43 Å². The summed E-state index contributed by atoms with van der Waals surface area (Å²) in [5.74, 6) is -0.140. The van der Waals surface area contributed by atoms with Crippen LogP contribution in [0, 0.1) is 11.2 Å². The number of allylic oxidation sites excluding steroid dienone is 2. The summed E-state index contributed by atoms with van der Waals surface area (Å²) < 4.78 is 40.8. The molecule has 1 aliphatic heterocycles. The van der Waals surface area contributed by atoms with E-state index in [9.17, 15) is 18.0 Å². The summed E-state index contributed by atoms with van der Waals surface area (Å²) in [6, 6.07) is 7.35. The van der Waals surface area contributed by atoms with Gasteiger partial charge in [0.15, 0.2) is 5.78 Å². The molecule has 146 valence electrons. The van der Waals surface area contributed by atoms with Crippen molar-refractivity contribution in [3.8, 4) is 0 Å². The molecular weight excluding hydrogens is 365 g/mol. The predicted molar refractivity (Wildman–Crippen MR) is 101 cm³/mol. The Morgan fingerprint density at radius 3 is 2.61 bits per heavy atom. The lowest BCUT2D eigenvalue weighted by molar-refractivity contribution is -0.118. The maximum atomic E-state index is 14.1. The van der Waals surface area contributed by atoms with Gasteiger partial charge < -0.3 is 5.32 Å². The number of fused-ring (bicyclic) bond motifs is 1. The molecule has 3 nitrogen and oxygen atoms in total. The molecule has 28 heavy (non-hydrogen) atoms. The van der Waals surface area contributed by atoms with Crippen LogP contribution < -0.4 is 5.32 Å². The first-order chi connectivity index (χ1) is 13.1. The average Bonchev–Trinajstić information content (AvgIpc) is 2.61. The van der Waals surface area contributed by atoms with Gasteiger partial charge in [-0.1, -0.05) is 32.0 Å². The monoisotopic (exact) mass is 386 g/mol. The lowest BCUT2D eigenvalue weighted by atomic mass is 9.62. The second-order valence-electron chi connectivity index (χ2n) is 8.52. The van der Waals surface area contributed by atoms with Gasteiger partial charge in [0.1, 0.15) is 11.6 Å². The summed E-state index contributed by atoms with van der Waals surface area (Å²) >= 11 is 0. The fourth-order valence-corrected chi connectivity index (χ4v) is 4.49. The van der Waals surface area contributed by atoms with E-state index in [1.807, 2.05) is 13.8 Å². The minimum Gasteiger partial charge on any atom is -0.343 e. The minimum absolute atomic E-state index is 0.0568. The van der Waals surface area contributed by atoms with Gasteiger partial charge in [-0.25, -0.2) is 18.2 Å². The van der Waals surface area contributed by atoms with Gasteiger partial charge in [0.2, 0.25) is 0 Å². The van der Waals surface area contributed by atoms with Crippen LogP contribution in [-0.2, 0) is 10.2 Å². The Hall–Kier alpha value is -2.63. The van der Waals surface area contributed by atoms with Crippen LogP contribution in [0.4, 0.5) is 19.0 Å². The first-order valence-corrected chi connectivity index (χ1v) is 9.20. The standard InChI is InChI=1S/C22H21F3N2O/c1-21(2)9-16-18(17(28)10-21)22(3,13-6-4-5-12(7-13)19(24)25)15-8-14(23)11-26-20(15)27-16/h4-8,11,19H,9-10H2,1-3H3,(H,26,27)/t22-/m0/s1. The number of halogens is 3. The van der Waals surface area contributed by atoms with E-state index >= 15 is 0 Å². The van der Waals surface area contributed by atoms with Gasteiger partial charge in [-0.15, -0.1) is 0 Å². The molecule has 0 radical (unpaired) electrons. The van der Waals surface area contributed by atoms with E-state index in [0.29, 0.717) is 35.4 Å². The van der Waals surface area contributed by atoms with Crippen molar-refractivity contribution >= 4 is 11.6 Å². The number of anilines is 1. The molecule has 2 heterocycles. The molecule has 0 spiro atoms. The Kier molecular flexibility index (Phi) is 4.14. The van der Waals surface area contributed by atoms with Crippen LogP contribution in [0.15, 0.2) is 47.8 Å². The van der Waals surface area contributed by atoms with Crippen LogP contribution >= 0.6 is 0 Å². The molecule has 2 aliphatic rings. The summed E-state index contributed by atoms with van der Waals surface area (Å²) in [6.07, 6.45) is -0.555. The number of Topliss-reactive ketones (excluding diaryl/α,β-unsaturated/α-hetero) is 1. The van der Waals surface area contributed by atoms with Gasteiger partial charge in [-0.2, -0.15) is 0 Å². The number of pyridine rings is 1. The Balaban J connectivity index is 2.01. The summed E-state index contributed by atoms with van der Waals surface area (Å²) in [4.78, 5) is 17.4. The highest BCUT2D eigenvalue weighted by atomic mass is 19.3. The summed E-state index contributed by atoms with van der Waals surface area (Å²) in [6.45, 7) is 5.82. The van der Waals surface area contributed by atoms with E-state index in [4.69, 9.17) is 0 Å². The topological polar surface area (TPSA) is 42.0 Å². The van der Waals surface area contributed by atoms with Crippen LogP contribution in [-0.4, -0.2) is 10.8 Å². The van der Waals surface area contributed by atoms with Crippen LogP contribution in [0.2, 0.25) is 0 Å². The lowest BCUT2D eigenvalue weighted by Crippen LogP contribution is -2.42. The predicted octanol–water partition coefficient (Wildman–Crippen LogP) is 5.53. The van der Waals surface area contributed by atoms with Crippen LogP contribution in [0.5, 0.6) is 0 Å². The molecule has 0 fully saturated rings. The number of ketones is 1. The number of carbonyl (C=O) groups excluding carboxylic acids is 1. The minimum atomic E-state index is -2.63. The van der Waals surface area contributed by atoms with Crippen molar-refractivity contribution < 1.29 is 18.0 Å². The van der Waals surface area contributed by atoms with Gasteiger partial charge in [-0.3, -0.25) is 4.79 Å². The Morgan fingerprint density at radius 1 is 1.14 bits per heavy atom. The number of alkyl halides is 2. The van der Waals surface area contributed by atoms with Gasteiger partial charge in [0, 0.05) is 28.8 Å². The maximum absolute atomic E-state index is 14.1. The van der Waals surface area contributed by atoms with Crippen molar-refractivity contribution in [3.05, 3.63) is 70.3 Å². The fourth-order valence-electron chi connectivity index (χ4n) is 4.49. The maximum Gasteiger partial charge on any atom is 0.263 e. The van der Waals surface area contributed by atoms with E-state index in [1.54, 1.807) is 19.1 Å². The Bertz CT molecular complexity index is 1010. The smallest absolute Gasteiger partial charge is 0.263 e. The molecule has 4 rings (SSSR count). The normalized spacial score (nSPS) is 23.3. The second kappa shape index (κ2) is 6.19. The largest absolute Gasteiger partial charge is 0.343 e. The SMILES string of the molecule is CC1(C)CC(=O)C2=C(C1)Nc1ncc(F)cc1[C@]2(C)c1cccc(C(F)F)c1. The van der Waals surface area contributed by atoms with Gasteiger partial charge in [-0.05, 0) is 36.5 Å². The van der Waals surface area contributed by atoms with Crippen molar-refractivity contribution in [1.29, 1.82) is 0 Å². The summed E-state index contributed by atoms with van der Waals surface area (Å²) in [7, 11) is 0. The van der Waals surface area contributed by atoms with Crippen molar-refractivity contribution in [2.24, 2.45) is 5.41 Å². The van der Waals surface area contributed by atoms with Crippen LogP contribution in [0.3, 0.4) is 0 Å². The highest BCUT2D eigenvalue weighted by Crippen LogP contribution is 2.52. The summed E-state index contributed by atoms with van der Waals surface area (Å²) in [5.41, 5.74) is 0.826. The van der Waals surface area contributed by atoms with Crippen LogP contribution in [0.25, 0.3) is 0 Å². The number of aromatic nitrogens is 1. The first kappa shape index (κ1) is 18.7. The molecule has 1 atom stereocenters. The number of benzene rings is 1. The van der Waals surface area contributed by atoms with Crippen molar-refractivity contribution in [1.82, 2.24) is 4.98 Å². The zero-order valence-corrected chi connectivity index (χ0v) is 15.9. The third-order valence-electron chi connectivity index (χ3n) is 5.75. The fraction of sp³-hybridized carbons (Fsp3) is 0.364. The van der Waals surface area contributed by atoms with E-state index in [1.165, 1.54) is 18.2 Å². The number of nitrogens with one attached hydrogen (secondary N) is 1. The highest BCUT2D eigenvalue weighted by molar-refractivity contribution is 6.02. The zero-order valence-electron chi connectivity index (χ0n) is 15.9. The molecule has 0 unspecified atom stereocenters. The van der Waals surface area contributed by atoms with Crippen molar-refractivity contribution in [2.45, 2.75) is 45.5 Å². The number of carbonyl (C=O) groups is 1. The second-order valence-corrected chi connectivity index (χ2v) is 8.52. The first-order valence-electron chi connectivity index (χ1n) is 9.20. The third kappa shape index (κ3) is 2.82. The Morgan fingerprint density at radius 2 is 1.89 bits per heavy atom. The van der Waals surface area contributed by atoms with Gasteiger partial charge >= 0.3 is 0 Å². The average molecular weight is 386 g/mol. The van der Waals surface area contributed by atoms with E-state index in [-0.39, 0.29) is 16.8 Å². The quantitative estimate of drug-likeness (QED) is 0.738. The van der Waals surface area contributed by atoms with Gasteiger partial charge in [0.05, 0.1) is 11.6 Å². The van der Waals surface area contributed by atoms with Crippen molar-refractivity contribution in [2.75, 3.05) is 5.32 Å². The number of hydrogen-bond donors (Lipinski definition) is 1. The molecule has 1 N–H and O–H groups in total. The molecule has 6 heteroatoms. The Labute approximate surface area is 161 Å².